The number of benzene rings is 2. The first kappa shape index (κ1) is 17.7. The minimum atomic E-state index is -0.331. The Bertz CT molecular complexity index is 1140. The number of amides is 1. The molecule has 3 N–H and O–H groups in total. The van der Waals surface area contributed by atoms with Gasteiger partial charge in [-0.2, -0.15) is 0 Å². The highest BCUT2D eigenvalue weighted by Gasteiger charge is 2.15. The van der Waals surface area contributed by atoms with Crippen LogP contribution in [-0.2, 0) is 6.42 Å². The van der Waals surface area contributed by atoms with Gasteiger partial charge in [0.1, 0.15) is 17.4 Å². The van der Waals surface area contributed by atoms with Gasteiger partial charge in [0.05, 0.1) is 11.1 Å². The summed E-state index contributed by atoms with van der Waals surface area (Å²) in [6.45, 7) is 0.374. The third-order valence-electron chi connectivity index (χ3n) is 4.43. The number of hydrogen-bond donors (Lipinski definition) is 3. The van der Waals surface area contributed by atoms with Crippen molar-refractivity contribution in [2.24, 2.45) is 0 Å². The molecule has 2 aromatic heterocycles. The average molecular weight is 376 g/mol. The second kappa shape index (κ2) is 7.48. The molecule has 0 fully saturated rings. The van der Waals surface area contributed by atoms with Crippen LogP contribution in [-0.4, -0.2) is 32.5 Å². The van der Waals surface area contributed by atoms with E-state index in [1.165, 1.54) is 18.3 Å². The Morgan fingerprint density at radius 3 is 2.68 bits per heavy atom. The van der Waals surface area contributed by atoms with E-state index in [1.54, 1.807) is 30.3 Å². The van der Waals surface area contributed by atoms with Gasteiger partial charge >= 0.3 is 0 Å². The van der Waals surface area contributed by atoms with E-state index in [0.717, 1.165) is 5.56 Å². The third kappa shape index (κ3) is 3.55. The first-order valence-corrected chi connectivity index (χ1v) is 8.77. The number of aromatic amines is 1. The molecule has 0 saturated carbocycles. The van der Waals surface area contributed by atoms with Gasteiger partial charge in [-0.05, 0) is 48.4 Å². The van der Waals surface area contributed by atoms with Gasteiger partial charge in [-0.3, -0.25) is 4.79 Å². The maximum Gasteiger partial charge on any atom is 0.253 e. The van der Waals surface area contributed by atoms with E-state index in [2.05, 4.69) is 20.3 Å². The lowest BCUT2D eigenvalue weighted by Crippen LogP contribution is -2.26. The molecule has 0 aliphatic carbocycles. The van der Waals surface area contributed by atoms with Crippen LogP contribution in [0.5, 0.6) is 5.75 Å². The Balaban J connectivity index is 1.54. The Morgan fingerprint density at radius 1 is 1.11 bits per heavy atom. The number of hydrogen-bond acceptors (Lipinski definition) is 4. The van der Waals surface area contributed by atoms with Crippen LogP contribution in [0, 0.1) is 5.82 Å². The van der Waals surface area contributed by atoms with Crippen molar-refractivity contribution in [3.05, 3.63) is 77.7 Å². The van der Waals surface area contributed by atoms with Crippen molar-refractivity contribution in [3.8, 4) is 17.1 Å². The summed E-state index contributed by atoms with van der Waals surface area (Å²) in [5, 5.41) is 12.7. The molecule has 0 aliphatic rings. The molecule has 4 rings (SSSR count). The predicted octanol–water partition coefficient (Wildman–Crippen LogP) is 3.44. The number of H-pyrrole nitrogens is 1. The van der Waals surface area contributed by atoms with Crippen molar-refractivity contribution in [3.63, 3.8) is 0 Å². The van der Waals surface area contributed by atoms with Crippen LogP contribution in [0.25, 0.3) is 22.6 Å². The molecule has 0 spiro atoms. The molecule has 2 heterocycles. The number of imidazole rings is 1. The van der Waals surface area contributed by atoms with Crippen LogP contribution in [0.4, 0.5) is 4.39 Å². The fraction of sp³-hybridized carbons (Fsp3) is 0.0952. The zero-order valence-corrected chi connectivity index (χ0v) is 14.8. The molecule has 0 aliphatic heterocycles. The summed E-state index contributed by atoms with van der Waals surface area (Å²) in [4.78, 5) is 24.3. The van der Waals surface area contributed by atoms with Gasteiger partial charge in [0, 0.05) is 18.3 Å². The molecular formula is C21H17FN4O2. The summed E-state index contributed by atoms with van der Waals surface area (Å²) in [6, 6.07) is 14.6. The molecule has 7 heteroatoms. The fourth-order valence-electron chi connectivity index (χ4n) is 2.97. The van der Waals surface area contributed by atoms with Gasteiger partial charge in [0.2, 0.25) is 0 Å². The Labute approximate surface area is 160 Å². The third-order valence-corrected chi connectivity index (χ3v) is 4.43. The normalized spacial score (nSPS) is 10.9. The number of nitrogens with zero attached hydrogens (tertiary/aromatic N) is 2. The lowest BCUT2D eigenvalue weighted by Gasteiger charge is -2.07. The average Bonchev–Trinajstić information content (AvgIpc) is 3.14. The number of aromatic nitrogens is 3. The van der Waals surface area contributed by atoms with Gasteiger partial charge in [0.15, 0.2) is 5.65 Å². The number of carbonyl (C=O) groups is 1. The summed E-state index contributed by atoms with van der Waals surface area (Å²) < 4.78 is 13.1. The lowest BCUT2D eigenvalue weighted by molar-refractivity contribution is 0.0955. The second-order valence-corrected chi connectivity index (χ2v) is 6.28. The molecule has 0 radical (unpaired) electrons. The summed E-state index contributed by atoms with van der Waals surface area (Å²) in [6.07, 6.45) is 2.03. The van der Waals surface area contributed by atoms with Crippen molar-refractivity contribution in [1.82, 2.24) is 20.3 Å². The Kier molecular flexibility index (Phi) is 4.72. The first-order chi connectivity index (χ1) is 13.6. The topological polar surface area (TPSA) is 90.9 Å². The molecule has 0 saturated heterocycles. The standard InChI is InChI=1S/C21H17FN4O2/c22-15-7-5-14(6-8-15)19-25-18-16(10-12-23-20(18)26-19)21(28)24-11-9-13-3-1-2-4-17(13)27/h1-8,10,12,27H,9,11H2,(H,24,28)(H,23,25,26). The number of fused-ring (bicyclic) bond motifs is 1. The lowest BCUT2D eigenvalue weighted by atomic mass is 10.1. The van der Waals surface area contributed by atoms with Gasteiger partial charge in [-0.15, -0.1) is 0 Å². The van der Waals surface area contributed by atoms with Gasteiger partial charge < -0.3 is 15.4 Å². The molecular weight excluding hydrogens is 359 g/mol. The number of nitrogens with one attached hydrogen (secondary N) is 2. The SMILES string of the molecule is O=C(NCCc1ccccc1O)c1ccnc2nc(-c3ccc(F)cc3)[nH]c12. The van der Waals surface area contributed by atoms with E-state index in [4.69, 9.17) is 0 Å². The van der Waals surface area contributed by atoms with Gasteiger partial charge in [-0.1, -0.05) is 18.2 Å². The number of aromatic hydroxyl groups is 1. The number of pyridine rings is 1. The molecule has 1 amide bonds. The van der Waals surface area contributed by atoms with Crippen molar-refractivity contribution in [2.45, 2.75) is 6.42 Å². The highest BCUT2D eigenvalue weighted by molar-refractivity contribution is 6.04. The van der Waals surface area contributed by atoms with Gasteiger partial charge in [0.25, 0.3) is 5.91 Å². The summed E-state index contributed by atoms with van der Waals surface area (Å²) in [5.74, 6) is 0.122. The van der Waals surface area contributed by atoms with E-state index >= 15 is 0 Å². The second-order valence-electron chi connectivity index (χ2n) is 6.28. The van der Waals surface area contributed by atoms with Gasteiger partial charge in [-0.25, -0.2) is 14.4 Å². The van der Waals surface area contributed by atoms with Crippen molar-refractivity contribution < 1.29 is 14.3 Å². The number of rotatable bonds is 5. The molecule has 0 bridgehead atoms. The van der Waals surface area contributed by atoms with E-state index in [1.807, 2.05) is 12.1 Å². The van der Waals surface area contributed by atoms with Crippen LogP contribution in [0.1, 0.15) is 15.9 Å². The van der Waals surface area contributed by atoms with Crippen LogP contribution in [0.15, 0.2) is 60.8 Å². The maximum absolute atomic E-state index is 13.1. The first-order valence-electron chi connectivity index (χ1n) is 8.77. The highest BCUT2D eigenvalue weighted by Crippen LogP contribution is 2.22. The quantitative estimate of drug-likeness (QED) is 0.498. The number of phenols is 1. The number of carbonyl (C=O) groups excluding carboxylic acids is 1. The molecule has 4 aromatic rings. The maximum atomic E-state index is 13.1. The summed E-state index contributed by atoms with van der Waals surface area (Å²) in [7, 11) is 0. The fourth-order valence-corrected chi connectivity index (χ4v) is 2.97. The molecule has 6 nitrogen and oxygen atoms in total. The van der Waals surface area contributed by atoms with E-state index in [9.17, 15) is 14.3 Å². The molecule has 28 heavy (non-hydrogen) atoms. The van der Waals surface area contributed by atoms with Crippen LogP contribution in [0.2, 0.25) is 0 Å². The smallest absolute Gasteiger partial charge is 0.253 e. The molecule has 0 unspecified atom stereocenters. The number of phenolic OH excluding ortho intramolecular Hbond substituents is 1. The summed E-state index contributed by atoms with van der Waals surface area (Å²) >= 11 is 0. The number of para-hydroxylation sites is 1. The number of halogens is 1. The molecule has 0 atom stereocenters. The van der Waals surface area contributed by atoms with E-state index in [0.29, 0.717) is 41.1 Å². The minimum absolute atomic E-state index is 0.209. The van der Waals surface area contributed by atoms with Crippen molar-refractivity contribution >= 4 is 17.1 Å². The Hall–Kier alpha value is -3.74. The predicted molar refractivity (Wildman–Crippen MR) is 103 cm³/mol. The van der Waals surface area contributed by atoms with Crippen LogP contribution in [0.3, 0.4) is 0 Å². The largest absolute Gasteiger partial charge is 0.508 e. The monoisotopic (exact) mass is 376 g/mol. The van der Waals surface area contributed by atoms with Crippen molar-refractivity contribution in [1.29, 1.82) is 0 Å². The van der Waals surface area contributed by atoms with Crippen LogP contribution >= 0.6 is 0 Å². The van der Waals surface area contributed by atoms with E-state index in [-0.39, 0.29) is 17.5 Å². The van der Waals surface area contributed by atoms with Crippen LogP contribution < -0.4 is 5.32 Å². The minimum Gasteiger partial charge on any atom is -0.508 e. The van der Waals surface area contributed by atoms with E-state index < -0.39 is 0 Å². The zero-order chi connectivity index (χ0) is 19.5. The molecule has 140 valence electrons. The Morgan fingerprint density at radius 2 is 1.89 bits per heavy atom. The van der Waals surface area contributed by atoms with Crippen molar-refractivity contribution in [2.75, 3.05) is 6.54 Å². The summed E-state index contributed by atoms with van der Waals surface area (Å²) in [5.41, 5.74) is 2.81. The molecule has 2 aromatic carbocycles. The zero-order valence-electron chi connectivity index (χ0n) is 14.8. The highest BCUT2D eigenvalue weighted by atomic mass is 19.1.